The summed E-state index contributed by atoms with van der Waals surface area (Å²) in [6, 6.07) is 0. The molecule has 0 aromatic rings. The van der Waals surface area contributed by atoms with Crippen LogP contribution in [0.15, 0.2) is 0 Å². The average molecular weight is 267 g/mol. The molecule has 1 aliphatic carbocycles. The van der Waals surface area contributed by atoms with E-state index in [0.717, 1.165) is 19.1 Å². The molecule has 2 atom stereocenters. The second kappa shape index (κ2) is 6.13. The lowest BCUT2D eigenvalue weighted by atomic mass is 9.70. The average Bonchev–Trinajstić information content (AvgIpc) is 2.69. The zero-order valence-electron chi connectivity index (χ0n) is 13.4. The fourth-order valence-electron chi connectivity index (χ4n) is 3.80. The van der Waals surface area contributed by atoms with Crippen LogP contribution in [0.1, 0.15) is 72.6 Å². The highest BCUT2D eigenvalue weighted by molar-refractivity contribution is 4.94. The van der Waals surface area contributed by atoms with Crippen molar-refractivity contribution < 1.29 is 4.74 Å². The molecule has 1 saturated heterocycles. The summed E-state index contributed by atoms with van der Waals surface area (Å²) >= 11 is 0. The van der Waals surface area contributed by atoms with Crippen molar-refractivity contribution in [3.05, 3.63) is 0 Å². The summed E-state index contributed by atoms with van der Waals surface area (Å²) < 4.78 is 5.94. The Hall–Kier alpha value is -0.0800. The van der Waals surface area contributed by atoms with Gasteiger partial charge in [-0.1, -0.05) is 32.1 Å². The highest BCUT2D eigenvalue weighted by Crippen LogP contribution is 2.43. The van der Waals surface area contributed by atoms with Crippen LogP contribution in [0.25, 0.3) is 0 Å². The van der Waals surface area contributed by atoms with E-state index in [1.165, 1.54) is 44.9 Å². The van der Waals surface area contributed by atoms with E-state index in [0.29, 0.717) is 11.5 Å². The fourth-order valence-corrected chi connectivity index (χ4v) is 3.80. The van der Waals surface area contributed by atoms with Crippen molar-refractivity contribution in [2.45, 2.75) is 84.3 Å². The molecule has 0 aromatic carbocycles. The zero-order chi connectivity index (χ0) is 13.9. The third-order valence-corrected chi connectivity index (χ3v) is 5.22. The highest BCUT2D eigenvalue weighted by atomic mass is 16.5. The molecule has 19 heavy (non-hydrogen) atoms. The minimum Gasteiger partial charge on any atom is -0.378 e. The van der Waals surface area contributed by atoms with E-state index < -0.39 is 0 Å². The van der Waals surface area contributed by atoms with E-state index in [-0.39, 0.29) is 5.54 Å². The summed E-state index contributed by atoms with van der Waals surface area (Å²) in [5.74, 6) is 0.944. The lowest BCUT2D eigenvalue weighted by Gasteiger charge is -2.39. The van der Waals surface area contributed by atoms with Gasteiger partial charge in [-0.15, -0.1) is 0 Å². The molecule has 2 nitrogen and oxygen atoms in total. The van der Waals surface area contributed by atoms with Crippen LogP contribution in [0.4, 0.5) is 0 Å². The standard InChI is InChI=1S/C17H33NO/c1-14-17(10-11-19-14,13-18-16(2,3)4)12-15-8-6-5-7-9-15/h14-15,18H,5-13H2,1-4H3. The van der Waals surface area contributed by atoms with Crippen molar-refractivity contribution >= 4 is 0 Å². The van der Waals surface area contributed by atoms with Crippen LogP contribution in [0.5, 0.6) is 0 Å². The van der Waals surface area contributed by atoms with Crippen molar-refractivity contribution in [1.29, 1.82) is 0 Å². The monoisotopic (exact) mass is 267 g/mol. The molecule has 0 amide bonds. The Labute approximate surface area is 119 Å². The van der Waals surface area contributed by atoms with Crippen LogP contribution in [-0.4, -0.2) is 24.8 Å². The van der Waals surface area contributed by atoms with Crippen molar-refractivity contribution in [2.75, 3.05) is 13.2 Å². The van der Waals surface area contributed by atoms with E-state index in [4.69, 9.17) is 4.74 Å². The lowest BCUT2D eigenvalue weighted by Crippen LogP contribution is -2.47. The van der Waals surface area contributed by atoms with Crippen molar-refractivity contribution in [3.63, 3.8) is 0 Å². The van der Waals surface area contributed by atoms with Gasteiger partial charge in [-0.2, -0.15) is 0 Å². The summed E-state index contributed by atoms with van der Waals surface area (Å²) in [5.41, 5.74) is 0.594. The Morgan fingerprint density at radius 3 is 2.37 bits per heavy atom. The van der Waals surface area contributed by atoms with Gasteiger partial charge in [0.25, 0.3) is 0 Å². The topological polar surface area (TPSA) is 21.3 Å². The molecule has 0 aromatic heterocycles. The largest absolute Gasteiger partial charge is 0.378 e. The Morgan fingerprint density at radius 2 is 1.84 bits per heavy atom. The van der Waals surface area contributed by atoms with Crippen LogP contribution < -0.4 is 5.32 Å². The Balaban J connectivity index is 1.98. The maximum atomic E-state index is 5.94. The number of rotatable bonds is 4. The van der Waals surface area contributed by atoms with Crippen molar-refractivity contribution in [1.82, 2.24) is 5.32 Å². The number of nitrogens with one attached hydrogen (secondary N) is 1. The van der Waals surface area contributed by atoms with Crippen LogP contribution in [0, 0.1) is 11.3 Å². The third kappa shape index (κ3) is 4.19. The molecule has 2 rings (SSSR count). The van der Waals surface area contributed by atoms with E-state index in [9.17, 15) is 0 Å². The first kappa shape index (κ1) is 15.3. The predicted octanol–water partition coefficient (Wildman–Crippen LogP) is 4.14. The van der Waals surface area contributed by atoms with Gasteiger partial charge >= 0.3 is 0 Å². The first-order chi connectivity index (χ1) is 8.91. The molecule has 1 saturated carbocycles. The maximum absolute atomic E-state index is 5.94. The molecule has 1 heterocycles. The molecule has 0 radical (unpaired) electrons. The molecule has 112 valence electrons. The van der Waals surface area contributed by atoms with Crippen LogP contribution in [0.2, 0.25) is 0 Å². The molecule has 2 heteroatoms. The first-order valence-electron chi connectivity index (χ1n) is 8.28. The molecular weight excluding hydrogens is 234 g/mol. The van der Waals surface area contributed by atoms with Gasteiger partial charge in [0, 0.05) is 24.1 Å². The molecule has 2 aliphatic rings. The van der Waals surface area contributed by atoms with Gasteiger partial charge in [0.2, 0.25) is 0 Å². The predicted molar refractivity (Wildman–Crippen MR) is 81.4 cm³/mol. The van der Waals surface area contributed by atoms with Gasteiger partial charge in [0.05, 0.1) is 6.10 Å². The lowest BCUT2D eigenvalue weighted by molar-refractivity contribution is 0.0416. The van der Waals surface area contributed by atoms with Gasteiger partial charge in [-0.25, -0.2) is 0 Å². The minimum absolute atomic E-state index is 0.210. The van der Waals surface area contributed by atoms with Gasteiger partial charge in [0.1, 0.15) is 0 Å². The number of ether oxygens (including phenoxy) is 1. The number of hydrogen-bond donors (Lipinski definition) is 1. The smallest absolute Gasteiger partial charge is 0.0616 e. The van der Waals surface area contributed by atoms with Gasteiger partial charge in [-0.05, 0) is 46.5 Å². The van der Waals surface area contributed by atoms with Crippen LogP contribution in [0.3, 0.4) is 0 Å². The Kier molecular flexibility index (Phi) is 4.94. The van der Waals surface area contributed by atoms with Gasteiger partial charge in [-0.3, -0.25) is 0 Å². The van der Waals surface area contributed by atoms with Crippen molar-refractivity contribution in [3.8, 4) is 0 Å². The summed E-state index contributed by atoms with van der Waals surface area (Å²) in [4.78, 5) is 0. The molecular formula is C17H33NO. The Morgan fingerprint density at radius 1 is 1.16 bits per heavy atom. The molecule has 2 fully saturated rings. The minimum atomic E-state index is 0.210. The van der Waals surface area contributed by atoms with E-state index in [2.05, 4.69) is 33.0 Å². The third-order valence-electron chi connectivity index (χ3n) is 5.22. The van der Waals surface area contributed by atoms with Gasteiger partial charge < -0.3 is 10.1 Å². The first-order valence-corrected chi connectivity index (χ1v) is 8.28. The highest BCUT2D eigenvalue weighted by Gasteiger charge is 2.43. The van der Waals surface area contributed by atoms with Crippen LogP contribution >= 0.6 is 0 Å². The normalized spacial score (nSPS) is 33.8. The fraction of sp³-hybridized carbons (Fsp3) is 1.00. The van der Waals surface area contributed by atoms with Crippen LogP contribution in [-0.2, 0) is 4.74 Å². The second-order valence-corrected chi connectivity index (χ2v) is 7.94. The summed E-state index contributed by atoms with van der Waals surface area (Å²) in [5, 5.41) is 3.74. The molecule has 0 bridgehead atoms. The van der Waals surface area contributed by atoms with E-state index in [1.54, 1.807) is 0 Å². The molecule has 0 spiro atoms. The van der Waals surface area contributed by atoms with Gasteiger partial charge in [0.15, 0.2) is 0 Å². The van der Waals surface area contributed by atoms with E-state index >= 15 is 0 Å². The summed E-state index contributed by atoms with van der Waals surface area (Å²) in [6.45, 7) is 11.2. The Bertz CT molecular complexity index is 277. The molecule has 2 unspecified atom stereocenters. The molecule has 1 aliphatic heterocycles. The summed E-state index contributed by atoms with van der Waals surface area (Å²) in [6.07, 6.45) is 10.3. The maximum Gasteiger partial charge on any atom is 0.0616 e. The zero-order valence-corrected chi connectivity index (χ0v) is 13.4. The number of hydrogen-bond acceptors (Lipinski definition) is 2. The SMILES string of the molecule is CC1OCCC1(CNC(C)(C)C)CC1CCCCC1. The van der Waals surface area contributed by atoms with Crippen molar-refractivity contribution in [2.24, 2.45) is 11.3 Å². The second-order valence-electron chi connectivity index (χ2n) is 7.94. The summed E-state index contributed by atoms with van der Waals surface area (Å²) in [7, 11) is 0. The molecule has 1 N–H and O–H groups in total. The van der Waals surface area contributed by atoms with E-state index in [1.807, 2.05) is 0 Å². The quantitative estimate of drug-likeness (QED) is 0.826.